The number of ether oxygens (including phenoxy) is 1. The third-order valence-corrected chi connectivity index (χ3v) is 2.02. The van der Waals surface area contributed by atoms with Crippen molar-refractivity contribution < 1.29 is 9.15 Å². The molecule has 1 aromatic heterocycles. The molecule has 0 bridgehead atoms. The van der Waals surface area contributed by atoms with Crippen LogP contribution >= 0.6 is 0 Å². The highest BCUT2D eigenvalue weighted by molar-refractivity contribution is 5.28. The normalized spacial score (nSPS) is 10.1. The highest BCUT2D eigenvalue weighted by Gasteiger charge is 1.99. The fourth-order valence-electron chi connectivity index (χ4n) is 1.27. The first-order chi connectivity index (χ1) is 6.88. The number of hydrogen-bond donors (Lipinski definition) is 0. The first kappa shape index (κ1) is 8.81. The van der Waals surface area contributed by atoms with Crippen molar-refractivity contribution in [1.29, 1.82) is 0 Å². The molecule has 2 rings (SSSR count). The molecule has 3 nitrogen and oxygen atoms in total. The Labute approximate surface area is 82.3 Å². The molecule has 72 valence electrons. The number of rotatable bonds is 3. The van der Waals surface area contributed by atoms with E-state index >= 15 is 0 Å². The monoisotopic (exact) mass is 189 g/mol. The quantitative estimate of drug-likeness (QED) is 0.743. The maximum Gasteiger partial charge on any atom is 0.180 e. The van der Waals surface area contributed by atoms with Crippen molar-refractivity contribution in [3.8, 4) is 5.75 Å². The van der Waals surface area contributed by atoms with Crippen LogP contribution in [0.2, 0.25) is 0 Å². The van der Waals surface area contributed by atoms with Gasteiger partial charge in [0.1, 0.15) is 11.5 Å². The Morgan fingerprint density at radius 3 is 2.64 bits per heavy atom. The van der Waals surface area contributed by atoms with Gasteiger partial charge in [0.25, 0.3) is 0 Å². The lowest BCUT2D eigenvalue weighted by Gasteiger charge is -2.00. The summed E-state index contributed by atoms with van der Waals surface area (Å²) in [6, 6.07) is 7.90. The molecule has 0 N–H and O–H groups in total. The Morgan fingerprint density at radius 2 is 2.07 bits per heavy atom. The molecule has 1 heterocycles. The Balaban J connectivity index is 2.10. The minimum Gasteiger partial charge on any atom is -0.497 e. The molecular formula is C11H11NO2. The van der Waals surface area contributed by atoms with Crippen LogP contribution in [-0.2, 0) is 6.42 Å². The van der Waals surface area contributed by atoms with Crippen molar-refractivity contribution in [2.75, 3.05) is 7.11 Å². The molecule has 0 saturated carbocycles. The van der Waals surface area contributed by atoms with E-state index in [1.807, 2.05) is 24.3 Å². The fraction of sp³-hybridized carbons (Fsp3) is 0.182. The van der Waals surface area contributed by atoms with Gasteiger partial charge in [0.15, 0.2) is 6.39 Å². The average molecular weight is 189 g/mol. The van der Waals surface area contributed by atoms with Crippen molar-refractivity contribution in [3.63, 3.8) is 0 Å². The number of benzene rings is 1. The standard InChI is InChI=1S/C11H11NO2/c1-13-10-4-2-9(3-5-10)6-11-7-12-8-14-11/h2-5,7-8H,6H2,1H3. The summed E-state index contributed by atoms with van der Waals surface area (Å²) in [5, 5.41) is 0. The van der Waals surface area contributed by atoms with Crippen molar-refractivity contribution in [1.82, 2.24) is 4.98 Å². The first-order valence-electron chi connectivity index (χ1n) is 4.39. The summed E-state index contributed by atoms with van der Waals surface area (Å²) in [5.74, 6) is 1.74. The maximum atomic E-state index is 5.15. The zero-order valence-electron chi connectivity index (χ0n) is 7.93. The summed E-state index contributed by atoms with van der Waals surface area (Å²) in [6.07, 6.45) is 3.94. The second-order valence-electron chi connectivity index (χ2n) is 2.99. The largest absolute Gasteiger partial charge is 0.497 e. The van der Waals surface area contributed by atoms with Crippen molar-refractivity contribution in [3.05, 3.63) is 48.2 Å². The molecule has 3 heteroatoms. The maximum absolute atomic E-state index is 5.15. The third kappa shape index (κ3) is 1.93. The van der Waals surface area contributed by atoms with Gasteiger partial charge in [0.05, 0.1) is 13.3 Å². The van der Waals surface area contributed by atoms with Gasteiger partial charge in [-0.05, 0) is 17.7 Å². The number of aromatic nitrogens is 1. The van der Waals surface area contributed by atoms with Crippen LogP contribution in [0.25, 0.3) is 0 Å². The molecule has 0 amide bonds. The van der Waals surface area contributed by atoms with Gasteiger partial charge < -0.3 is 9.15 Å². The number of nitrogens with zero attached hydrogens (tertiary/aromatic N) is 1. The summed E-state index contributed by atoms with van der Waals surface area (Å²) >= 11 is 0. The Morgan fingerprint density at radius 1 is 1.29 bits per heavy atom. The zero-order valence-corrected chi connectivity index (χ0v) is 7.93. The molecular weight excluding hydrogens is 178 g/mol. The predicted molar refractivity (Wildman–Crippen MR) is 52.3 cm³/mol. The summed E-state index contributed by atoms with van der Waals surface area (Å²) in [7, 11) is 1.66. The van der Waals surface area contributed by atoms with Crippen molar-refractivity contribution in [2.24, 2.45) is 0 Å². The van der Waals surface area contributed by atoms with Crippen molar-refractivity contribution >= 4 is 0 Å². The smallest absolute Gasteiger partial charge is 0.180 e. The van der Waals surface area contributed by atoms with Crippen LogP contribution in [0.3, 0.4) is 0 Å². The van der Waals surface area contributed by atoms with Gasteiger partial charge in [0, 0.05) is 6.42 Å². The number of oxazole rings is 1. The van der Waals surface area contributed by atoms with Crippen LogP contribution in [0.5, 0.6) is 5.75 Å². The Bertz CT molecular complexity index is 378. The van der Waals surface area contributed by atoms with E-state index in [1.54, 1.807) is 13.3 Å². The van der Waals surface area contributed by atoms with Crippen LogP contribution in [0.15, 0.2) is 41.3 Å². The van der Waals surface area contributed by atoms with Crippen molar-refractivity contribution in [2.45, 2.75) is 6.42 Å². The highest BCUT2D eigenvalue weighted by Crippen LogP contribution is 2.14. The second-order valence-corrected chi connectivity index (χ2v) is 2.99. The van der Waals surface area contributed by atoms with Crippen LogP contribution in [-0.4, -0.2) is 12.1 Å². The highest BCUT2D eigenvalue weighted by atomic mass is 16.5. The molecule has 0 spiro atoms. The summed E-state index contributed by atoms with van der Waals surface area (Å²) < 4.78 is 10.2. The Kier molecular flexibility index (Phi) is 2.49. The van der Waals surface area contributed by atoms with E-state index in [2.05, 4.69) is 4.98 Å². The van der Waals surface area contributed by atoms with Gasteiger partial charge in [-0.2, -0.15) is 0 Å². The van der Waals surface area contributed by atoms with Crippen LogP contribution < -0.4 is 4.74 Å². The molecule has 0 unspecified atom stereocenters. The molecule has 2 aromatic rings. The van der Waals surface area contributed by atoms with E-state index in [9.17, 15) is 0 Å². The van der Waals surface area contributed by atoms with E-state index in [0.29, 0.717) is 0 Å². The number of methoxy groups -OCH3 is 1. The Hall–Kier alpha value is -1.77. The van der Waals surface area contributed by atoms with Gasteiger partial charge in [-0.15, -0.1) is 0 Å². The topological polar surface area (TPSA) is 35.3 Å². The van der Waals surface area contributed by atoms with E-state index in [0.717, 1.165) is 17.9 Å². The van der Waals surface area contributed by atoms with Gasteiger partial charge in [-0.1, -0.05) is 12.1 Å². The SMILES string of the molecule is COc1ccc(Cc2cnco2)cc1. The minimum atomic E-state index is 0.768. The lowest BCUT2D eigenvalue weighted by molar-refractivity contribution is 0.414. The van der Waals surface area contributed by atoms with Gasteiger partial charge in [-0.3, -0.25) is 0 Å². The molecule has 0 fully saturated rings. The third-order valence-electron chi connectivity index (χ3n) is 2.02. The second kappa shape index (κ2) is 3.96. The number of hydrogen-bond acceptors (Lipinski definition) is 3. The molecule has 0 aliphatic rings. The molecule has 0 aliphatic carbocycles. The van der Waals surface area contributed by atoms with Crippen LogP contribution in [0.1, 0.15) is 11.3 Å². The van der Waals surface area contributed by atoms with Gasteiger partial charge in [-0.25, -0.2) is 4.98 Å². The molecule has 14 heavy (non-hydrogen) atoms. The minimum absolute atomic E-state index is 0.768. The van der Waals surface area contributed by atoms with Gasteiger partial charge in [0.2, 0.25) is 0 Å². The first-order valence-corrected chi connectivity index (χ1v) is 4.39. The fourth-order valence-corrected chi connectivity index (χ4v) is 1.27. The molecule has 0 atom stereocenters. The van der Waals surface area contributed by atoms with Gasteiger partial charge >= 0.3 is 0 Å². The lowest BCUT2D eigenvalue weighted by Crippen LogP contribution is -1.87. The average Bonchev–Trinajstić information content (AvgIpc) is 2.72. The van der Waals surface area contributed by atoms with Crippen LogP contribution in [0, 0.1) is 0 Å². The van der Waals surface area contributed by atoms with E-state index in [1.165, 1.54) is 12.0 Å². The summed E-state index contributed by atoms with van der Waals surface area (Å²) in [4.78, 5) is 3.86. The zero-order chi connectivity index (χ0) is 9.80. The molecule has 0 aliphatic heterocycles. The van der Waals surface area contributed by atoms with E-state index in [-0.39, 0.29) is 0 Å². The predicted octanol–water partition coefficient (Wildman–Crippen LogP) is 2.27. The molecule has 0 radical (unpaired) electrons. The summed E-state index contributed by atoms with van der Waals surface area (Å²) in [6.45, 7) is 0. The lowest BCUT2D eigenvalue weighted by atomic mass is 10.1. The van der Waals surface area contributed by atoms with E-state index in [4.69, 9.17) is 9.15 Å². The molecule has 0 saturated heterocycles. The molecule has 1 aromatic carbocycles. The van der Waals surface area contributed by atoms with Crippen LogP contribution in [0.4, 0.5) is 0 Å². The van der Waals surface area contributed by atoms with E-state index < -0.39 is 0 Å². The summed E-state index contributed by atoms with van der Waals surface area (Å²) in [5.41, 5.74) is 1.18.